The lowest BCUT2D eigenvalue weighted by Gasteiger charge is -2.07. The molecule has 3 aromatic rings. The average Bonchev–Trinajstić information content (AvgIpc) is 2.94. The highest BCUT2D eigenvalue weighted by Gasteiger charge is 2.19. The Hall–Kier alpha value is -3.02. The lowest BCUT2D eigenvalue weighted by atomic mass is 10.1. The molecule has 0 aliphatic rings. The first-order valence-corrected chi connectivity index (χ1v) is 5.90. The SMILES string of the molecule is O=C(O)c1cnn(-c2cnccn2)c1-c1ccccc1. The zero-order valence-electron chi connectivity index (χ0n) is 10.3. The van der Waals surface area contributed by atoms with E-state index in [1.54, 1.807) is 6.20 Å². The smallest absolute Gasteiger partial charge is 0.339 e. The maximum absolute atomic E-state index is 11.4. The second-order valence-corrected chi connectivity index (χ2v) is 4.05. The van der Waals surface area contributed by atoms with Crippen molar-refractivity contribution in [1.82, 2.24) is 19.7 Å². The van der Waals surface area contributed by atoms with Crippen LogP contribution in [0.4, 0.5) is 0 Å². The van der Waals surface area contributed by atoms with E-state index in [4.69, 9.17) is 0 Å². The quantitative estimate of drug-likeness (QED) is 0.784. The van der Waals surface area contributed by atoms with Crippen LogP contribution in [0, 0.1) is 0 Å². The van der Waals surface area contributed by atoms with Crippen LogP contribution in [-0.4, -0.2) is 30.8 Å². The molecule has 0 saturated carbocycles. The summed E-state index contributed by atoms with van der Waals surface area (Å²) in [5, 5.41) is 13.4. The molecule has 0 bridgehead atoms. The van der Waals surface area contributed by atoms with Gasteiger partial charge < -0.3 is 5.11 Å². The third kappa shape index (κ3) is 2.03. The Morgan fingerprint density at radius 3 is 2.55 bits per heavy atom. The zero-order chi connectivity index (χ0) is 13.9. The van der Waals surface area contributed by atoms with Crippen LogP contribution in [0.2, 0.25) is 0 Å². The van der Waals surface area contributed by atoms with E-state index < -0.39 is 5.97 Å². The van der Waals surface area contributed by atoms with Gasteiger partial charge in [0.1, 0.15) is 5.56 Å². The molecule has 0 fully saturated rings. The molecular weight excluding hydrogens is 256 g/mol. The van der Waals surface area contributed by atoms with E-state index in [9.17, 15) is 9.90 Å². The van der Waals surface area contributed by atoms with Crippen molar-refractivity contribution in [3.8, 4) is 17.1 Å². The van der Waals surface area contributed by atoms with Gasteiger partial charge in [-0.2, -0.15) is 5.10 Å². The molecule has 1 N–H and O–H groups in total. The van der Waals surface area contributed by atoms with Crippen molar-refractivity contribution < 1.29 is 9.90 Å². The summed E-state index contributed by atoms with van der Waals surface area (Å²) in [7, 11) is 0. The maximum atomic E-state index is 11.4. The van der Waals surface area contributed by atoms with Crippen molar-refractivity contribution in [1.29, 1.82) is 0 Å². The van der Waals surface area contributed by atoms with Gasteiger partial charge in [-0.25, -0.2) is 14.5 Å². The fraction of sp³-hybridized carbons (Fsp3) is 0. The molecule has 0 unspecified atom stereocenters. The summed E-state index contributed by atoms with van der Waals surface area (Å²) in [6, 6.07) is 9.21. The van der Waals surface area contributed by atoms with Crippen molar-refractivity contribution in [3.63, 3.8) is 0 Å². The summed E-state index contributed by atoms with van der Waals surface area (Å²) in [4.78, 5) is 19.5. The van der Waals surface area contributed by atoms with Crippen molar-refractivity contribution in [3.05, 3.63) is 60.7 Å². The Bertz CT molecular complexity index is 738. The highest BCUT2D eigenvalue weighted by molar-refractivity contribution is 5.95. The number of carboxylic acids is 1. The molecule has 2 aromatic heterocycles. The summed E-state index contributed by atoms with van der Waals surface area (Å²) in [6.45, 7) is 0. The molecule has 6 heteroatoms. The maximum Gasteiger partial charge on any atom is 0.339 e. The molecule has 0 amide bonds. The van der Waals surface area contributed by atoms with Gasteiger partial charge in [-0.3, -0.25) is 4.98 Å². The molecule has 0 saturated heterocycles. The van der Waals surface area contributed by atoms with E-state index in [1.807, 2.05) is 30.3 Å². The van der Waals surface area contributed by atoms with Crippen molar-refractivity contribution in [2.75, 3.05) is 0 Å². The van der Waals surface area contributed by atoms with Crippen molar-refractivity contribution >= 4 is 5.97 Å². The van der Waals surface area contributed by atoms with E-state index in [0.717, 1.165) is 5.56 Å². The first-order valence-electron chi connectivity index (χ1n) is 5.90. The van der Waals surface area contributed by atoms with E-state index >= 15 is 0 Å². The average molecular weight is 266 g/mol. The lowest BCUT2D eigenvalue weighted by molar-refractivity contribution is 0.0697. The Kier molecular flexibility index (Phi) is 2.96. The van der Waals surface area contributed by atoms with Crippen molar-refractivity contribution in [2.24, 2.45) is 0 Å². The third-order valence-corrected chi connectivity index (χ3v) is 2.81. The molecule has 0 aliphatic carbocycles. The van der Waals surface area contributed by atoms with Gasteiger partial charge in [0.2, 0.25) is 0 Å². The number of nitrogens with zero attached hydrogens (tertiary/aromatic N) is 4. The summed E-state index contributed by atoms with van der Waals surface area (Å²) in [5.74, 6) is -0.558. The predicted octanol–water partition coefficient (Wildman–Crippen LogP) is 2.03. The second-order valence-electron chi connectivity index (χ2n) is 4.05. The molecule has 3 rings (SSSR count). The van der Waals surface area contributed by atoms with E-state index in [0.29, 0.717) is 11.5 Å². The Morgan fingerprint density at radius 2 is 1.90 bits per heavy atom. The number of benzene rings is 1. The number of hydrogen-bond acceptors (Lipinski definition) is 4. The van der Waals surface area contributed by atoms with Gasteiger partial charge in [0.05, 0.1) is 18.1 Å². The number of aromatic carboxylic acids is 1. The van der Waals surface area contributed by atoms with Gasteiger partial charge in [0.15, 0.2) is 5.82 Å². The number of hydrogen-bond donors (Lipinski definition) is 1. The molecule has 2 heterocycles. The Balaban J connectivity index is 2.25. The van der Waals surface area contributed by atoms with Gasteiger partial charge in [-0.1, -0.05) is 30.3 Å². The van der Waals surface area contributed by atoms with E-state index in [2.05, 4.69) is 15.1 Å². The third-order valence-electron chi connectivity index (χ3n) is 2.81. The second kappa shape index (κ2) is 4.93. The molecule has 98 valence electrons. The number of aromatic nitrogens is 4. The normalized spacial score (nSPS) is 10.4. The summed E-state index contributed by atoms with van der Waals surface area (Å²) < 4.78 is 1.48. The fourth-order valence-electron chi connectivity index (χ4n) is 1.95. The molecule has 0 spiro atoms. The topological polar surface area (TPSA) is 80.9 Å². The van der Waals surface area contributed by atoms with Gasteiger partial charge in [0, 0.05) is 18.0 Å². The van der Waals surface area contributed by atoms with Crippen LogP contribution in [0.15, 0.2) is 55.1 Å². The van der Waals surface area contributed by atoms with Crippen LogP contribution < -0.4 is 0 Å². The van der Waals surface area contributed by atoms with Gasteiger partial charge >= 0.3 is 5.97 Å². The first-order chi connectivity index (χ1) is 9.77. The lowest BCUT2D eigenvalue weighted by Crippen LogP contribution is -2.04. The summed E-state index contributed by atoms with van der Waals surface area (Å²) in [6.07, 6.45) is 5.93. The molecule has 0 aliphatic heterocycles. The van der Waals surface area contributed by atoms with E-state index in [-0.39, 0.29) is 5.56 Å². The minimum Gasteiger partial charge on any atom is -0.478 e. The number of carbonyl (C=O) groups is 1. The van der Waals surface area contributed by atoms with Crippen LogP contribution in [0.1, 0.15) is 10.4 Å². The summed E-state index contributed by atoms with van der Waals surface area (Å²) >= 11 is 0. The van der Waals surface area contributed by atoms with Gasteiger partial charge in [0.25, 0.3) is 0 Å². The summed E-state index contributed by atoms with van der Waals surface area (Å²) in [5.41, 5.74) is 1.37. The first kappa shape index (κ1) is 12.0. The minimum atomic E-state index is -1.03. The molecule has 20 heavy (non-hydrogen) atoms. The molecule has 0 radical (unpaired) electrons. The highest BCUT2D eigenvalue weighted by atomic mass is 16.4. The van der Waals surface area contributed by atoms with Crippen LogP contribution >= 0.6 is 0 Å². The van der Waals surface area contributed by atoms with Crippen LogP contribution in [-0.2, 0) is 0 Å². The number of carboxylic acid groups (broad SMARTS) is 1. The molecule has 1 aromatic carbocycles. The largest absolute Gasteiger partial charge is 0.478 e. The Labute approximate surface area is 114 Å². The van der Waals surface area contributed by atoms with Gasteiger partial charge in [-0.05, 0) is 0 Å². The molecule has 0 atom stereocenters. The fourth-order valence-corrected chi connectivity index (χ4v) is 1.95. The monoisotopic (exact) mass is 266 g/mol. The van der Waals surface area contributed by atoms with Crippen molar-refractivity contribution in [2.45, 2.75) is 0 Å². The van der Waals surface area contributed by atoms with E-state index in [1.165, 1.54) is 23.3 Å². The zero-order valence-corrected chi connectivity index (χ0v) is 10.3. The van der Waals surface area contributed by atoms with Crippen LogP contribution in [0.25, 0.3) is 17.1 Å². The van der Waals surface area contributed by atoms with Gasteiger partial charge in [-0.15, -0.1) is 0 Å². The standard InChI is InChI=1S/C14H10N4O2/c19-14(20)11-8-17-18(12-9-15-6-7-16-12)13(11)10-4-2-1-3-5-10/h1-9H,(H,19,20). The molecule has 6 nitrogen and oxygen atoms in total. The highest BCUT2D eigenvalue weighted by Crippen LogP contribution is 2.25. The van der Waals surface area contributed by atoms with Crippen LogP contribution in [0.5, 0.6) is 0 Å². The minimum absolute atomic E-state index is 0.127. The molecular formula is C14H10N4O2. The predicted molar refractivity (Wildman–Crippen MR) is 71.5 cm³/mol. The number of rotatable bonds is 3. The van der Waals surface area contributed by atoms with Crippen LogP contribution in [0.3, 0.4) is 0 Å². The Morgan fingerprint density at radius 1 is 1.10 bits per heavy atom.